The van der Waals surface area contributed by atoms with E-state index in [0.717, 1.165) is 19.5 Å². The highest BCUT2D eigenvalue weighted by molar-refractivity contribution is 5.76. The third-order valence-electron chi connectivity index (χ3n) is 3.73. The number of hydrogen-bond donors (Lipinski definition) is 3. The maximum Gasteiger partial charge on any atom is 0.220 e. The molecule has 0 radical (unpaired) electrons. The zero-order valence-corrected chi connectivity index (χ0v) is 11.0. The second-order valence-corrected chi connectivity index (χ2v) is 5.14. The quantitative estimate of drug-likeness (QED) is 0.648. The van der Waals surface area contributed by atoms with Gasteiger partial charge in [-0.1, -0.05) is 13.8 Å². The van der Waals surface area contributed by atoms with Crippen LogP contribution in [0.1, 0.15) is 39.5 Å². The largest absolute Gasteiger partial charge is 0.394 e. The Morgan fingerprint density at radius 1 is 1.59 bits per heavy atom. The van der Waals surface area contributed by atoms with Gasteiger partial charge in [0.25, 0.3) is 0 Å². The third kappa shape index (κ3) is 5.04. The molecule has 1 aliphatic heterocycles. The van der Waals surface area contributed by atoms with Crippen LogP contribution in [0.25, 0.3) is 0 Å². The lowest BCUT2D eigenvalue weighted by Gasteiger charge is -2.28. The van der Waals surface area contributed by atoms with Crippen LogP contribution in [0.2, 0.25) is 0 Å². The maximum atomic E-state index is 11.8. The predicted molar refractivity (Wildman–Crippen MR) is 68.7 cm³/mol. The second kappa shape index (κ2) is 7.67. The van der Waals surface area contributed by atoms with Crippen LogP contribution >= 0.6 is 0 Å². The number of aliphatic hydroxyl groups is 1. The van der Waals surface area contributed by atoms with Gasteiger partial charge >= 0.3 is 0 Å². The Kier molecular flexibility index (Phi) is 6.52. The molecule has 2 unspecified atom stereocenters. The molecule has 0 saturated carbocycles. The van der Waals surface area contributed by atoms with Crippen LogP contribution in [0.4, 0.5) is 0 Å². The van der Waals surface area contributed by atoms with E-state index >= 15 is 0 Å². The van der Waals surface area contributed by atoms with Crippen LogP contribution in [0, 0.1) is 11.8 Å². The Bertz CT molecular complexity index is 223. The molecule has 0 aromatic carbocycles. The molecule has 0 aliphatic carbocycles. The van der Waals surface area contributed by atoms with Crippen molar-refractivity contribution in [3.8, 4) is 0 Å². The predicted octanol–water partition coefficient (Wildman–Crippen LogP) is 0.899. The summed E-state index contributed by atoms with van der Waals surface area (Å²) in [7, 11) is 0. The lowest BCUT2D eigenvalue weighted by Crippen LogP contribution is -2.39. The van der Waals surface area contributed by atoms with E-state index in [9.17, 15) is 4.79 Å². The highest BCUT2D eigenvalue weighted by Crippen LogP contribution is 2.22. The summed E-state index contributed by atoms with van der Waals surface area (Å²) in [5.41, 5.74) is 0. The molecule has 0 aromatic rings. The molecule has 3 N–H and O–H groups in total. The first-order chi connectivity index (χ1) is 8.17. The first kappa shape index (κ1) is 14.5. The van der Waals surface area contributed by atoms with Gasteiger partial charge in [-0.05, 0) is 44.2 Å². The van der Waals surface area contributed by atoms with Gasteiger partial charge in [0.2, 0.25) is 5.91 Å². The van der Waals surface area contributed by atoms with Gasteiger partial charge in [0.05, 0.1) is 12.6 Å². The summed E-state index contributed by atoms with van der Waals surface area (Å²) in [6.07, 6.45) is 3.79. The summed E-state index contributed by atoms with van der Waals surface area (Å²) >= 11 is 0. The Hall–Kier alpha value is -0.610. The van der Waals surface area contributed by atoms with Gasteiger partial charge in [0.15, 0.2) is 0 Å². The summed E-state index contributed by atoms with van der Waals surface area (Å²) in [5, 5.41) is 15.3. The molecule has 1 fully saturated rings. The summed E-state index contributed by atoms with van der Waals surface area (Å²) in [4.78, 5) is 11.8. The van der Waals surface area contributed by atoms with Gasteiger partial charge in [-0.2, -0.15) is 0 Å². The van der Waals surface area contributed by atoms with Crippen LogP contribution in [-0.4, -0.2) is 36.8 Å². The Morgan fingerprint density at radius 3 is 2.88 bits per heavy atom. The smallest absolute Gasteiger partial charge is 0.220 e. The fourth-order valence-electron chi connectivity index (χ4n) is 2.39. The Morgan fingerprint density at radius 2 is 2.35 bits per heavy atom. The Balaban J connectivity index is 2.29. The molecule has 1 saturated heterocycles. The van der Waals surface area contributed by atoms with Crippen LogP contribution < -0.4 is 10.6 Å². The van der Waals surface area contributed by atoms with Crippen LogP contribution in [0.15, 0.2) is 0 Å². The van der Waals surface area contributed by atoms with Gasteiger partial charge in [-0.15, -0.1) is 0 Å². The molecule has 0 spiro atoms. The van der Waals surface area contributed by atoms with Crippen molar-refractivity contribution in [2.45, 2.75) is 45.6 Å². The minimum absolute atomic E-state index is 0.0294. The van der Waals surface area contributed by atoms with Gasteiger partial charge in [0, 0.05) is 6.42 Å². The lowest BCUT2D eigenvalue weighted by molar-refractivity contribution is -0.123. The van der Waals surface area contributed by atoms with Crippen molar-refractivity contribution in [2.24, 2.45) is 11.8 Å². The average molecular weight is 242 g/mol. The van der Waals surface area contributed by atoms with Crippen molar-refractivity contribution in [3.05, 3.63) is 0 Å². The number of piperidine rings is 1. The van der Waals surface area contributed by atoms with E-state index in [1.54, 1.807) is 0 Å². The van der Waals surface area contributed by atoms with Gasteiger partial charge in [0.1, 0.15) is 0 Å². The van der Waals surface area contributed by atoms with E-state index < -0.39 is 0 Å². The Labute approximate surface area is 104 Å². The van der Waals surface area contributed by atoms with Gasteiger partial charge < -0.3 is 15.7 Å². The highest BCUT2D eigenvalue weighted by atomic mass is 16.3. The van der Waals surface area contributed by atoms with E-state index in [1.807, 2.05) is 6.92 Å². The SMILES string of the molecule is CC[C@@H](CO)NC(=O)CC(C)C1CCCNC1. The molecule has 4 nitrogen and oxygen atoms in total. The molecule has 0 bridgehead atoms. The van der Waals surface area contributed by atoms with E-state index in [4.69, 9.17) is 5.11 Å². The maximum absolute atomic E-state index is 11.8. The highest BCUT2D eigenvalue weighted by Gasteiger charge is 2.22. The van der Waals surface area contributed by atoms with Gasteiger partial charge in [-0.25, -0.2) is 0 Å². The van der Waals surface area contributed by atoms with Crippen molar-refractivity contribution in [1.29, 1.82) is 0 Å². The second-order valence-electron chi connectivity index (χ2n) is 5.14. The first-order valence-electron chi connectivity index (χ1n) is 6.78. The zero-order chi connectivity index (χ0) is 12.7. The minimum Gasteiger partial charge on any atom is -0.394 e. The monoisotopic (exact) mass is 242 g/mol. The van der Waals surface area contributed by atoms with E-state index in [1.165, 1.54) is 12.8 Å². The van der Waals surface area contributed by atoms with Crippen molar-refractivity contribution in [1.82, 2.24) is 10.6 Å². The number of rotatable bonds is 6. The number of hydrogen-bond acceptors (Lipinski definition) is 3. The fraction of sp³-hybridized carbons (Fsp3) is 0.923. The first-order valence-corrected chi connectivity index (χ1v) is 6.78. The molecule has 1 heterocycles. The van der Waals surface area contributed by atoms with E-state index in [0.29, 0.717) is 18.3 Å². The molecule has 17 heavy (non-hydrogen) atoms. The normalized spacial score (nSPS) is 24.1. The number of carbonyl (C=O) groups is 1. The van der Waals surface area contributed by atoms with E-state index in [2.05, 4.69) is 17.6 Å². The number of nitrogens with one attached hydrogen (secondary N) is 2. The molecular weight excluding hydrogens is 216 g/mol. The molecule has 4 heteroatoms. The summed E-state index contributed by atoms with van der Waals surface area (Å²) in [6, 6.07) is -0.0841. The van der Waals surface area contributed by atoms with Crippen LogP contribution in [-0.2, 0) is 4.79 Å². The van der Waals surface area contributed by atoms with E-state index in [-0.39, 0.29) is 18.6 Å². The molecule has 0 aromatic heterocycles. The standard InChI is InChI=1S/C13H26N2O2/c1-3-12(9-16)15-13(17)7-10(2)11-5-4-6-14-8-11/h10-12,14,16H,3-9H2,1-2H3,(H,15,17)/t10?,11?,12-/m0/s1. The number of aliphatic hydroxyl groups excluding tert-OH is 1. The minimum atomic E-state index is -0.0841. The summed E-state index contributed by atoms with van der Waals surface area (Å²) in [5.74, 6) is 1.10. The number of carbonyl (C=O) groups excluding carboxylic acids is 1. The molecule has 100 valence electrons. The van der Waals surface area contributed by atoms with Crippen molar-refractivity contribution in [3.63, 3.8) is 0 Å². The number of amides is 1. The molecule has 1 amide bonds. The summed E-state index contributed by atoms with van der Waals surface area (Å²) < 4.78 is 0. The lowest BCUT2D eigenvalue weighted by atomic mass is 9.85. The van der Waals surface area contributed by atoms with Crippen molar-refractivity contribution >= 4 is 5.91 Å². The van der Waals surface area contributed by atoms with Crippen molar-refractivity contribution in [2.75, 3.05) is 19.7 Å². The van der Waals surface area contributed by atoms with Crippen molar-refractivity contribution < 1.29 is 9.90 Å². The topological polar surface area (TPSA) is 61.4 Å². The molecular formula is C13H26N2O2. The average Bonchev–Trinajstić information content (AvgIpc) is 2.37. The van der Waals surface area contributed by atoms with Gasteiger partial charge in [-0.3, -0.25) is 4.79 Å². The third-order valence-corrected chi connectivity index (χ3v) is 3.73. The molecule has 3 atom stereocenters. The molecule has 1 aliphatic rings. The summed E-state index contributed by atoms with van der Waals surface area (Å²) in [6.45, 7) is 6.29. The van der Waals surface area contributed by atoms with Crippen LogP contribution in [0.5, 0.6) is 0 Å². The molecule has 1 rings (SSSR count). The fourth-order valence-corrected chi connectivity index (χ4v) is 2.39. The van der Waals surface area contributed by atoms with Crippen LogP contribution in [0.3, 0.4) is 0 Å². The zero-order valence-electron chi connectivity index (χ0n) is 11.0.